The van der Waals surface area contributed by atoms with Crippen LogP contribution in [0.4, 0.5) is 0 Å². The summed E-state index contributed by atoms with van der Waals surface area (Å²) in [5, 5.41) is 11.6. The highest BCUT2D eigenvalue weighted by molar-refractivity contribution is 7.89. The Morgan fingerprint density at radius 3 is 2.78 bits per heavy atom. The van der Waals surface area contributed by atoms with Crippen molar-refractivity contribution in [2.45, 2.75) is 26.3 Å². The summed E-state index contributed by atoms with van der Waals surface area (Å²) in [4.78, 5) is 24.0. The molecule has 0 radical (unpaired) electrons. The maximum atomic E-state index is 12.2. The molecule has 2 heterocycles. The van der Waals surface area contributed by atoms with Gasteiger partial charge in [-0.2, -0.15) is 0 Å². The first kappa shape index (κ1) is 17.9. The highest BCUT2D eigenvalue weighted by atomic mass is 32.2. The largest absolute Gasteiger partial charge is 0.477 e. The average molecular weight is 360 g/mol. The van der Waals surface area contributed by atoms with E-state index < -0.39 is 16.0 Å². The van der Waals surface area contributed by atoms with Crippen LogP contribution in [0, 0.1) is 5.92 Å². The Kier molecular flexibility index (Phi) is 5.77. The van der Waals surface area contributed by atoms with E-state index in [2.05, 4.69) is 5.32 Å². The molecule has 7 nitrogen and oxygen atoms in total. The zero-order chi connectivity index (χ0) is 17.0. The van der Waals surface area contributed by atoms with Crippen molar-refractivity contribution in [2.75, 3.05) is 18.8 Å². The topological polar surface area (TPSA) is 104 Å². The Labute approximate surface area is 139 Å². The van der Waals surface area contributed by atoms with Crippen LogP contribution in [-0.2, 0) is 21.4 Å². The number of carboxylic acids is 1. The molecule has 1 saturated heterocycles. The lowest BCUT2D eigenvalue weighted by molar-refractivity contribution is -0.126. The summed E-state index contributed by atoms with van der Waals surface area (Å²) in [5.74, 6) is -1.50. The first-order valence-electron chi connectivity index (χ1n) is 7.41. The second kappa shape index (κ2) is 7.41. The van der Waals surface area contributed by atoms with Gasteiger partial charge in [-0.1, -0.05) is 0 Å². The van der Waals surface area contributed by atoms with Gasteiger partial charge in [0.1, 0.15) is 4.88 Å². The molecule has 0 spiro atoms. The summed E-state index contributed by atoms with van der Waals surface area (Å²) in [6, 6.07) is 3.17. The lowest BCUT2D eigenvalue weighted by Crippen LogP contribution is -2.45. The number of nitrogens with one attached hydrogen (secondary N) is 1. The number of thiophene rings is 1. The van der Waals surface area contributed by atoms with Gasteiger partial charge >= 0.3 is 5.97 Å². The number of aromatic carboxylic acids is 1. The molecule has 128 valence electrons. The minimum atomic E-state index is -3.27. The van der Waals surface area contributed by atoms with E-state index >= 15 is 0 Å². The van der Waals surface area contributed by atoms with Crippen LogP contribution >= 0.6 is 11.3 Å². The van der Waals surface area contributed by atoms with E-state index in [0.717, 1.165) is 16.2 Å². The summed E-state index contributed by atoms with van der Waals surface area (Å²) in [7, 11) is -3.27. The molecule has 1 aromatic rings. The van der Waals surface area contributed by atoms with Gasteiger partial charge in [0, 0.05) is 18.0 Å². The van der Waals surface area contributed by atoms with Crippen LogP contribution in [-0.4, -0.2) is 48.5 Å². The third kappa shape index (κ3) is 4.52. The molecule has 23 heavy (non-hydrogen) atoms. The predicted octanol–water partition coefficient (Wildman–Crippen LogP) is 1.12. The summed E-state index contributed by atoms with van der Waals surface area (Å²) in [6.07, 6.45) is 1.33. The molecule has 2 rings (SSSR count). The van der Waals surface area contributed by atoms with Gasteiger partial charge in [-0.05, 0) is 31.9 Å². The van der Waals surface area contributed by atoms with Crippen molar-refractivity contribution in [2.24, 2.45) is 5.92 Å². The van der Waals surface area contributed by atoms with Crippen LogP contribution in [0.5, 0.6) is 0 Å². The van der Waals surface area contributed by atoms with E-state index in [0.29, 0.717) is 19.4 Å². The smallest absolute Gasteiger partial charge is 0.345 e. The molecule has 1 aliphatic rings. The zero-order valence-electron chi connectivity index (χ0n) is 12.8. The number of hydrogen-bond donors (Lipinski definition) is 2. The van der Waals surface area contributed by atoms with Gasteiger partial charge in [0.15, 0.2) is 0 Å². The Morgan fingerprint density at radius 2 is 2.17 bits per heavy atom. The number of hydrogen-bond acceptors (Lipinski definition) is 5. The quantitative estimate of drug-likeness (QED) is 0.791. The SMILES string of the molecule is CCS(=O)(=O)N1CCCC(C(=O)NCc2ccc(C(=O)O)s2)C1. The van der Waals surface area contributed by atoms with Crippen molar-refractivity contribution >= 4 is 33.2 Å². The summed E-state index contributed by atoms with van der Waals surface area (Å²) >= 11 is 1.12. The molecular weight excluding hydrogens is 340 g/mol. The number of piperidine rings is 1. The molecule has 1 unspecified atom stereocenters. The van der Waals surface area contributed by atoms with Crippen LogP contribution in [0.2, 0.25) is 0 Å². The van der Waals surface area contributed by atoms with Gasteiger partial charge in [0.25, 0.3) is 0 Å². The van der Waals surface area contributed by atoms with Crippen LogP contribution < -0.4 is 5.32 Å². The molecule has 9 heteroatoms. The van der Waals surface area contributed by atoms with Crippen LogP contribution in [0.1, 0.15) is 34.3 Å². The van der Waals surface area contributed by atoms with Gasteiger partial charge in [0.05, 0.1) is 18.2 Å². The van der Waals surface area contributed by atoms with E-state index in [1.807, 2.05) is 0 Å². The lowest BCUT2D eigenvalue weighted by atomic mass is 9.99. The van der Waals surface area contributed by atoms with E-state index in [9.17, 15) is 18.0 Å². The number of carboxylic acid groups (broad SMARTS) is 1. The summed E-state index contributed by atoms with van der Waals surface area (Å²) < 4.78 is 25.2. The Morgan fingerprint density at radius 1 is 1.43 bits per heavy atom. The van der Waals surface area contributed by atoms with Gasteiger partial charge < -0.3 is 10.4 Å². The molecule has 1 fully saturated rings. The van der Waals surface area contributed by atoms with Crippen molar-refractivity contribution in [3.05, 3.63) is 21.9 Å². The minimum Gasteiger partial charge on any atom is -0.477 e. The number of carbonyl (C=O) groups excluding carboxylic acids is 1. The summed E-state index contributed by atoms with van der Waals surface area (Å²) in [6.45, 7) is 2.53. The Hall–Kier alpha value is -1.45. The van der Waals surface area contributed by atoms with Crippen LogP contribution in [0.15, 0.2) is 12.1 Å². The number of nitrogens with zero attached hydrogens (tertiary/aromatic N) is 1. The molecule has 1 aliphatic heterocycles. The van der Waals surface area contributed by atoms with E-state index in [1.54, 1.807) is 13.0 Å². The number of amides is 1. The van der Waals surface area contributed by atoms with Gasteiger partial charge in [-0.15, -0.1) is 11.3 Å². The number of sulfonamides is 1. The molecule has 1 atom stereocenters. The lowest BCUT2D eigenvalue weighted by Gasteiger charge is -2.30. The Bertz CT molecular complexity index is 683. The third-order valence-corrected chi connectivity index (χ3v) is 6.74. The monoisotopic (exact) mass is 360 g/mol. The summed E-state index contributed by atoms with van der Waals surface area (Å²) in [5.41, 5.74) is 0. The second-order valence-corrected chi connectivity index (χ2v) is 8.81. The number of carbonyl (C=O) groups is 2. The van der Waals surface area contributed by atoms with Crippen molar-refractivity contribution in [3.8, 4) is 0 Å². The van der Waals surface area contributed by atoms with Crippen molar-refractivity contribution in [3.63, 3.8) is 0 Å². The highest BCUT2D eigenvalue weighted by Gasteiger charge is 2.31. The fraction of sp³-hybridized carbons (Fsp3) is 0.571. The predicted molar refractivity (Wildman–Crippen MR) is 86.9 cm³/mol. The van der Waals surface area contributed by atoms with Crippen LogP contribution in [0.3, 0.4) is 0 Å². The average Bonchev–Trinajstić information content (AvgIpc) is 3.02. The zero-order valence-corrected chi connectivity index (χ0v) is 14.5. The normalized spacial score (nSPS) is 19.4. The Balaban J connectivity index is 1.91. The van der Waals surface area contributed by atoms with Gasteiger partial charge in [-0.25, -0.2) is 17.5 Å². The first-order chi connectivity index (χ1) is 10.8. The fourth-order valence-corrected chi connectivity index (χ4v) is 4.46. The van der Waals surface area contributed by atoms with Crippen molar-refractivity contribution in [1.29, 1.82) is 0 Å². The highest BCUT2D eigenvalue weighted by Crippen LogP contribution is 2.20. The molecule has 0 aromatic carbocycles. The van der Waals surface area contributed by atoms with Gasteiger partial charge in [0.2, 0.25) is 15.9 Å². The molecule has 0 aliphatic carbocycles. The fourth-order valence-electron chi connectivity index (χ4n) is 2.50. The third-order valence-electron chi connectivity index (χ3n) is 3.82. The first-order valence-corrected chi connectivity index (χ1v) is 9.83. The second-order valence-electron chi connectivity index (χ2n) is 5.39. The van der Waals surface area contributed by atoms with E-state index in [-0.39, 0.29) is 35.5 Å². The maximum Gasteiger partial charge on any atom is 0.345 e. The van der Waals surface area contributed by atoms with E-state index in [1.165, 1.54) is 10.4 Å². The molecular formula is C14H20N2O5S2. The molecule has 2 N–H and O–H groups in total. The van der Waals surface area contributed by atoms with Crippen molar-refractivity contribution in [1.82, 2.24) is 9.62 Å². The maximum absolute atomic E-state index is 12.2. The van der Waals surface area contributed by atoms with E-state index in [4.69, 9.17) is 5.11 Å². The van der Waals surface area contributed by atoms with Crippen molar-refractivity contribution < 1.29 is 23.1 Å². The molecule has 1 amide bonds. The number of rotatable bonds is 6. The molecule has 0 bridgehead atoms. The molecule has 0 saturated carbocycles. The minimum absolute atomic E-state index is 0.0362. The standard InChI is InChI=1S/C14H20N2O5S2/c1-2-23(20,21)16-7-3-4-10(9-16)13(17)15-8-11-5-6-12(22-11)14(18)19/h5-6,10H,2-4,7-9H2,1H3,(H,15,17)(H,18,19). The van der Waals surface area contributed by atoms with Gasteiger partial charge in [-0.3, -0.25) is 4.79 Å². The molecule has 1 aromatic heterocycles. The van der Waals surface area contributed by atoms with Crippen LogP contribution in [0.25, 0.3) is 0 Å².